The van der Waals surface area contributed by atoms with Crippen molar-refractivity contribution in [3.05, 3.63) is 30.0 Å². The highest BCUT2D eigenvalue weighted by molar-refractivity contribution is 6.00. The van der Waals surface area contributed by atoms with Gasteiger partial charge < -0.3 is 34.2 Å². The average molecular weight is 740 g/mol. The zero-order valence-corrected chi connectivity index (χ0v) is 31.8. The predicted molar refractivity (Wildman–Crippen MR) is 198 cm³/mol. The van der Waals surface area contributed by atoms with Crippen molar-refractivity contribution in [2.24, 2.45) is 29.6 Å². The van der Waals surface area contributed by atoms with E-state index < -0.39 is 36.4 Å². The number of benzene rings is 1. The molecule has 0 unspecified atom stereocenters. The predicted octanol–water partition coefficient (Wildman–Crippen LogP) is 7.81. The van der Waals surface area contributed by atoms with Crippen molar-refractivity contribution in [1.29, 1.82) is 0 Å². The number of rotatable bonds is 11. The molecule has 3 amide bonds. The van der Waals surface area contributed by atoms with Crippen LogP contribution in [-0.4, -0.2) is 79.5 Å². The quantitative estimate of drug-likeness (QED) is 0.223. The van der Waals surface area contributed by atoms with Gasteiger partial charge in [0.2, 0.25) is 17.6 Å². The fourth-order valence-corrected chi connectivity index (χ4v) is 9.27. The summed E-state index contributed by atoms with van der Waals surface area (Å²) in [7, 11) is 1.74. The summed E-state index contributed by atoms with van der Waals surface area (Å²) in [5.41, 5.74) is 0.395. The molecule has 6 rings (SSSR count). The van der Waals surface area contributed by atoms with Crippen LogP contribution in [0.15, 0.2) is 28.7 Å². The highest BCUT2D eigenvalue weighted by Gasteiger charge is 2.47. The molecule has 2 N–H and O–H groups in total. The molecule has 3 atom stereocenters. The minimum atomic E-state index is -0.708. The van der Waals surface area contributed by atoms with Crippen LogP contribution in [0, 0.1) is 29.6 Å². The van der Waals surface area contributed by atoms with E-state index in [0.717, 1.165) is 44.9 Å². The molecular formula is C41H58FN3O8. The van der Waals surface area contributed by atoms with E-state index in [0.29, 0.717) is 67.3 Å². The molecule has 0 radical (unpaired) electrons. The minimum Gasteiger partial charge on any atom is -0.460 e. The second-order valence-electron chi connectivity index (χ2n) is 16.8. The van der Waals surface area contributed by atoms with Crippen LogP contribution in [0.1, 0.15) is 115 Å². The third-order valence-corrected chi connectivity index (χ3v) is 12.1. The smallest absolute Gasteiger partial charge is 0.407 e. The van der Waals surface area contributed by atoms with Gasteiger partial charge in [-0.1, -0.05) is 12.8 Å². The van der Waals surface area contributed by atoms with E-state index >= 15 is 0 Å². The van der Waals surface area contributed by atoms with E-state index in [-0.39, 0.29) is 41.4 Å². The summed E-state index contributed by atoms with van der Waals surface area (Å²) in [6, 6.07) is 5.63. The van der Waals surface area contributed by atoms with Gasteiger partial charge in [-0.25, -0.2) is 14.0 Å². The van der Waals surface area contributed by atoms with Gasteiger partial charge in [0.05, 0.1) is 18.8 Å². The first-order valence-electron chi connectivity index (χ1n) is 19.8. The fourth-order valence-electron chi connectivity index (χ4n) is 9.27. The summed E-state index contributed by atoms with van der Waals surface area (Å²) in [6.07, 6.45) is 10.9. The molecule has 2 aromatic rings. The van der Waals surface area contributed by atoms with Crippen LogP contribution < -0.4 is 10.6 Å². The van der Waals surface area contributed by atoms with Crippen molar-refractivity contribution in [3.63, 3.8) is 0 Å². The number of halogens is 1. The van der Waals surface area contributed by atoms with E-state index in [2.05, 4.69) is 10.6 Å². The number of methoxy groups -OCH3 is 1. The van der Waals surface area contributed by atoms with Crippen LogP contribution in [0.25, 0.3) is 11.0 Å². The number of esters is 1. The van der Waals surface area contributed by atoms with Gasteiger partial charge in [0.1, 0.15) is 23.9 Å². The fraction of sp³-hybridized carbons (Fsp3) is 0.707. The lowest BCUT2D eigenvalue weighted by atomic mass is 9.75. The molecule has 0 spiro atoms. The maximum atomic E-state index is 14.3. The van der Waals surface area contributed by atoms with Gasteiger partial charge in [0.25, 0.3) is 0 Å². The van der Waals surface area contributed by atoms with Gasteiger partial charge in [-0.05, 0) is 139 Å². The third-order valence-electron chi connectivity index (χ3n) is 12.1. The van der Waals surface area contributed by atoms with Crippen LogP contribution in [-0.2, 0) is 23.8 Å². The zero-order chi connectivity index (χ0) is 37.7. The molecule has 3 aliphatic carbocycles. The number of carbonyl (C=O) groups excluding carboxylic acids is 4. The number of carbonyl (C=O) groups is 4. The first kappa shape index (κ1) is 39.0. The van der Waals surface area contributed by atoms with Crippen LogP contribution in [0.3, 0.4) is 0 Å². The second kappa shape index (κ2) is 17.2. The number of hydrogen-bond donors (Lipinski definition) is 2. The summed E-state index contributed by atoms with van der Waals surface area (Å²) < 4.78 is 36.4. The van der Waals surface area contributed by atoms with Crippen LogP contribution in [0.2, 0.25) is 0 Å². The molecule has 1 aromatic carbocycles. The summed E-state index contributed by atoms with van der Waals surface area (Å²) in [4.78, 5) is 55.5. The largest absolute Gasteiger partial charge is 0.460 e. The van der Waals surface area contributed by atoms with Gasteiger partial charge in [-0.2, -0.15) is 0 Å². The van der Waals surface area contributed by atoms with Crippen molar-refractivity contribution in [2.75, 3.05) is 32.3 Å². The molecule has 2 heterocycles. The van der Waals surface area contributed by atoms with Crippen LogP contribution in [0.4, 0.5) is 14.9 Å². The monoisotopic (exact) mass is 739 g/mol. The Morgan fingerprint density at radius 3 is 2.32 bits per heavy atom. The summed E-state index contributed by atoms with van der Waals surface area (Å²) in [5, 5.41) is 6.48. The highest BCUT2D eigenvalue weighted by Crippen LogP contribution is 2.42. The molecule has 1 aliphatic heterocycles. The number of hydrogen-bond acceptors (Lipinski definition) is 8. The number of ether oxygens (including phenoxy) is 3. The number of likely N-dealkylation sites (tertiary alicyclic amines) is 1. The molecule has 1 saturated heterocycles. The molecule has 53 heavy (non-hydrogen) atoms. The Bertz CT molecular complexity index is 1580. The number of nitrogens with zero attached hydrogens (tertiary/aromatic N) is 1. The lowest BCUT2D eigenvalue weighted by Crippen LogP contribution is -2.50. The SMILES string of the molecule is COC1CCC([C@@H]2CCN(C(=O)C3CCC([C@@H](CF)NC(=O)OC(C)(C)C)CC3)[C@@H]2C(=O)Nc2ccc3oc(C(=O)OCC4CCCC4)cc3c2)CC1. The molecule has 3 saturated carbocycles. The Morgan fingerprint density at radius 1 is 0.943 bits per heavy atom. The third kappa shape index (κ3) is 9.72. The first-order chi connectivity index (χ1) is 25.4. The average Bonchev–Trinajstić information content (AvgIpc) is 3.92. The maximum Gasteiger partial charge on any atom is 0.407 e. The lowest BCUT2D eigenvalue weighted by Gasteiger charge is -2.38. The normalized spacial score (nSPS) is 27.4. The Kier molecular flexibility index (Phi) is 12.7. The topological polar surface area (TPSA) is 136 Å². The van der Waals surface area contributed by atoms with Gasteiger partial charge >= 0.3 is 12.1 Å². The van der Waals surface area contributed by atoms with Crippen molar-refractivity contribution in [3.8, 4) is 0 Å². The van der Waals surface area contributed by atoms with E-state index in [4.69, 9.17) is 18.6 Å². The number of fused-ring (bicyclic) bond motifs is 1. The van der Waals surface area contributed by atoms with E-state index in [1.807, 2.05) is 0 Å². The minimum absolute atomic E-state index is 0.0148. The summed E-state index contributed by atoms with van der Waals surface area (Å²) in [5.74, 6) is -0.271. The van der Waals surface area contributed by atoms with Gasteiger partial charge in [-0.15, -0.1) is 0 Å². The van der Waals surface area contributed by atoms with Crippen molar-refractivity contribution in [2.45, 2.75) is 128 Å². The number of amides is 3. The molecule has 12 heteroatoms. The van der Waals surface area contributed by atoms with Crippen molar-refractivity contribution in [1.82, 2.24) is 10.2 Å². The van der Waals surface area contributed by atoms with E-state index in [9.17, 15) is 23.6 Å². The maximum absolute atomic E-state index is 14.3. The van der Waals surface area contributed by atoms with Gasteiger partial charge in [0.15, 0.2) is 0 Å². The number of furan rings is 1. The van der Waals surface area contributed by atoms with Crippen molar-refractivity contribution >= 4 is 40.5 Å². The van der Waals surface area contributed by atoms with E-state index in [1.165, 1.54) is 12.8 Å². The van der Waals surface area contributed by atoms with E-state index in [1.54, 1.807) is 57.0 Å². The molecular weight excluding hydrogens is 681 g/mol. The number of alkyl carbamates (subject to hydrolysis) is 1. The standard InChI is InChI=1S/C41H58FN3O8/c1-41(2,3)53-40(49)44-33(23-42)27-9-11-28(12-10-27)38(47)45-20-19-32(26-13-16-31(50-4)17-14-26)36(45)37(46)43-30-15-18-34-29(21-30)22-35(52-34)39(48)51-24-25-7-5-6-8-25/h15,18,21-22,25-28,31-33,36H,5-14,16-17,19-20,23-24H2,1-4H3,(H,43,46)(H,44,49)/t26?,27?,28?,31?,32-,33+,36-/m0/s1. The Morgan fingerprint density at radius 2 is 1.66 bits per heavy atom. The summed E-state index contributed by atoms with van der Waals surface area (Å²) in [6.45, 7) is 5.49. The summed E-state index contributed by atoms with van der Waals surface area (Å²) >= 11 is 0. The highest BCUT2D eigenvalue weighted by atomic mass is 19.1. The zero-order valence-electron chi connectivity index (χ0n) is 31.8. The molecule has 0 bridgehead atoms. The molecule has 1 aromatic heterocycles. The van der Waals surface area contributed by atoms with Crippen molar-refractivity contribution < 1.29 is 42.2 Å². The van der Waals surface area contributed by atoms with Gasteiger partial charge in [0, 0.05) is 30.6 Å². The second-order valence-corrected chi connectivity index (χ2v) is 16.8. The Hall–Kier alpha value is -3.67. The van der Waals surface area contributed by atoms with Crippen LogP contribution >= 0.6 is 0 Å². The lowest BCUT2D eigenvalue weighted by molar-refractivity contribution is -0.142. The first-order valence-corrected chi connectivity index (χ1v) is 19.8. The molecule has 292 valence electrons. The Labute approximate surface area is 312 Å². The van der Waals surface area contributed by atoms with Crippen LogP contribution in [0.5, 0.6) is 0 Å². The number of nitrogens with one attached hydrogen (secondary N) is 2. The molecule has 11 nitrogen and oxygen atoms in total. The van der Waals surface area contributed by atoms with Gasteiger partial charge in [-0.3, -0.25) is 9.59 Å². The Balaban J connectivity index is 1.12. The number of alkyl halides is 1. The molecule has 4 aliphatic rings. The molecule has 4 fully saturated rings. The number of anilines is 1.